The van der Waals surface area contributed by atoms with Gasteiger partial charge in [0.1, 0.15) is 11.4 Å². The lowest BCUT2D eigenvalue weighted by Gasteiger charge is -2.19. The van der Waals surface area contributed by atoms with Crippen molar-refractivity contribution in [1.82, 2.24) is 4.90 Å². The van der Waals surface area contributed by atoms with E-state index in [1.54, 1.807) is 16.2 Å². The molecule has 0 saturated carbocycles. The van der Waals surface area contributed by atoms with Crippen LogP contribution in [0.3, 0.4) is 0 Å². The van der Waals surface area contributed by atoms with E-state index in [2.05, 4.69) is 0 Å². The summed E-state index contributed by atoms with van der Waals surface area (Å²) in [4.78, 5) is 27.3. The Morgan fingerprint density at radius 1 is 1.30 bits per heavy atom. The molecule has 4 nitrogen and oxygen atoms in total. The summed E-state index contributed by atoms with van der Waals surface area (Å²) in [6.07, 6.45) is 0. The van der Waals surface area contributed by atoms with Crippen LogP contribution < -0.4 is 5.43 Å². The first-order valence-electron chi connectivity index (χ1n) is 7.13. The minimum Gasteiger partial charge on any atom is -0.451 e. The van der Waals surface area contributed by atoms with Crippen molar-refractivity contribution >= 4 is 28.2 Å². The molecule has 0 atom stereocenters. The van der Waals surface area contributed by atoms with Crippen LogP contribution in [0.2, 0.25) is 0 Å². The average molecular weight is 331 g/mol. The number of hydrogen-bond acceptors (Lipinski definition) is 4. The van der Waals surface area contributed by atoms with Gasteiger partial charge in [0, 0.05) is 17.5 Å². The fourth-order valence-corrected chi connectivity index (χ4v) is 3.03. The molecule has 0 aliphatic heterocycles. The highest BCUT2D eigenvalue weighted by Gasteiger charge is 2.19. The van der Waals surface area contributed by atoms with Crippen LogP contribution in [0.15, 0.2) is 51.0 Å². The molecule has 6 heteroatoms. The molecule has 0 bridgehead atoms. The van der Waals surface area contributed by atoms with E-state index in [0.717, 1.165) is 17.0 Å². The van der Waals surface area contributed by atoms with Crippen molar-refractivity contribution in [3.63, 3.8) is 0 Å². The van der Waals surface area contributed by atoms with Crippen LogP contribution in [0, 0.1) is 5.82 Å². The van der Waals surface area contributed by atoms with Gasteiger partial charge in [0.2, 0.25) is 0 Å². The van der Waals surface area contributed by atoms with Gasteiger partial charge < -0.3 is 9.32 Å². The second-order valence-electron chi connectivity index (χ2n) is 5.01. The number of amides is 1. The molecule has 0 N–H and O–H groups in total. The summed E-state index contributed by atoms with van der Waals surface area (Å²) >= 11 is 1.56. The standard InChI is InChI=1S/C17H14FNO3S/c1-2-19(10-12-4-3-7-23-12)17(21)16-9-14(20)13-8-11(18)5-6-15(13)22-16/h3-9H,2,10H2,1H3. The number of halogens is 1. The quantitative estimate of drug-likeness (QED) is 0.733. The van der Waals surface area contributed by atoms with E-state index in [0.29, 0.717) is 13.1 Å². The minimum atomic E-state index is -0.517. The van der Waals surface area contributed by atoms with E-state index in [9.17, 15) is 14.0 Å². The summed E-state index contributed by atoms with van der Waals surface area (Å²) in [6, 6.07) is 8.66. The van der Waals surface area contributed by atoms with Crippen LogP contribution in [0.5, 0.6) is 0 Å². The highest BCUT2D eigenvalue weighted by molar-refractivity contribution is 7.09. The average Bonchev–Trinajstić information content (AvgIpc) is 3.05. The maximum Gasteiger partial charge on any atom is 0.290 e. The summed E-state index contributed by atoms with van der Waals surface area (Å²) < 4.78 is 18.7. The van der Waals surface area contributed by atoms with Gasteiger partial charge >= 0.3 is 0 Å². The zero-order valence-electron chi connectivity index (χ0n) is 12.4. The molecule has 0 spiro atoms. The van der Waals surface area contributed by atoms with Crippen molar-refractivity contribution in [3.8, 4) is 0 Å². The zero-order valence-corrected chi connectivity index (χ0v) is 13.2. The molecule has 0 aliphatic carbocycles. The zero-order chi connectivity index (χ0) is 16.4. The third kappa shape index (κ3) is 3.17. The molecular weight excluding hydrogens is 317 g/mol. The van der Waals surface area contributed by atoms with Crippen molar-refractivity contribution in [1.29, 1.82) is 0 Å². The molecule has 1 aromatic carbocycles. The summed E-state index contributed by atoms with van der Waals surface area (Å²) in [5, 5.41) is 2.07. The van der Waals surface area contributed by atoms with Gasteiger partial charge in [-0.25, -0.2) is 4.39 Å². The first-order chi connectivity index (χ1) is 11.1. The summed E-state index contributed by atoms with van der Waals surface area (Å²) in [6.45, 7) is 2.81. The Hall–Kier alpha value is -2.47. The van der Waals surface area contributed by atoms with Crippen LogP contribution in [-0.2, 0) is 6.54 Å². The van der Waals surface area contributed by atoms with Gasteiger partial charge in [-0.2, -0.15) is 0 Å². The SMILES string of the molecule is CCN(Cc1cccs1)C(=O)c1cc(=O)c2cc(F)ccc2o1. The van der Waals surface area contributed by atoms with Crippen molar-refractivity contribution in [2.75, 3.05) is 6.54 Å². The minimum absolute atomic E-state index is 0.0347. The van der Waals surface area contributed by atoms with Crippen LogP contribution in [0.25, 0.3) is 11.0 Å². The summed E-state index contributed by atoms with van der Waals surface area (Å²) in [7, 11) is 0. The molecule has 3 rings (SSSR count). The Kier molecular flexibility index (Phi) is 4.25. The van der Waals surface area contributed by atoms with Gasteiger partial charge in [-0.1, -0.05) is 6.07 Å². The largest absolute Gasteiger partial charge is 0.451 e. The van der Waals surface area contributed by atoms with E-state index in [4.69, 9.17) is 4.42 Å². The number of hydrogen-bond donors (Lipinski definition) is 0. The van der Waals surface area contributed by atoms with Crippen molar-refractivity contribution in [2.45, 2.75) is 13.5 Å². The lowest BCUT2D eigenvalue weighted by molar-refractivity contribution is 0.0722. The van der Waals surface area contributed by atoms with Crippen LogP contribution >= 0.6 is 11.3 Å². The van der Waals surface area contributed by atoms with Crippen molar-refractivity contribution < 1.29 is 13.6 Å². The predicted molar refractivity (Wildman–Crippen MR) is 87.2 cm³/mol. The third-order valence-corrected chi connectivity index (χ3v) is 4.36. The highest BCUT2D eigenvalue weighted by atomic mass is 32.1. The van der Waals surface area contributed by atoms with Gasteiger partial charge in [-0.3, -0.25) is 9.59 Å². The topological polar surface area (TPSA) is 50.5 Å². The number of fused-ring (bicyclic) bond motifs is 1. The van der Waals surface area contributed by atoms with Crippen molar-refractivity contribution in [3.05, 3.63) is 68.5 Å². The number of carbonyl (C=O) groups is 1. The van der Waals surface area contributed by atoms with E-state index in [-0.39, 0.29) is 22.6 Å². The van der Waals surface area contributed by atoms with Gasteiger partial charge in [-0.15, -0.1) is 11.3 Å². The van der Waals surface area contributed by atoms with Crippen LogP contribution in [0.4, 0.5) is 4.39 Å². The Morgan fingerprint density at radius 3 is 2.83 bits per heavy atom. The molecule has 0 saturated heterocycles. The fraction of sp³-hybridized carbons (Fsp3) is 0.176. The molecule has 0 fully saturated rings. The predicted octanol–water partition coefficient (Wildman–Crippen LogP) is 3.66. The molecule has 1 amide bonds. The Balaban J connectivity index is 1.96. The van der Waals surface area contributed by atoms with Crippen LogP contribution in [0.1, 0.15) is 22.4 Å². The van der Waals surface area contributed by atoms with Gasteiger partial charge in [0.25, 0.3) is 5.91 Å². The monoisotopic (exact) mass is 331 g/mol. The number of rotatable bonds is 4. The van der Waals surface area contributed by atoms with E-state index in [1.165, 1.54) is 12.1 Å². The fourth-order valence-electron chi connectivity index (χ4n) is 2.31. The summed E-state index contributed by atoms with van der Waals surface area (Å²) in [5.41, 5.74) is -0.226. The molecular formula is C17H14FNO3S. The van der Waals surface area contributed by atoms with Crippen molar-refractivity contribution in [2.24, 2.45) is 0 Å². The number of benzene rings is 1. The lowest BCUT2D eigenvalue weighted by atomic mass is 10.2. The number of thiophene rings is 1. The van der Waals surface area contributed by atoms with Crippen LogP contribution in [-0.4, -0.2) is 17.4 Å². The van der Waals surface area contributed by atoms with E-state index < -0.39 is 11.2 Å². The molecule has 3 aromatic rings. The lowest BCUT2D eigenvalue weighted by Crippen LogP contribution is -2.30. The first kappa shape index (κ1) is 15.4. The molecule has 23 heavy (non-hydrogen) atoms. The maximum atomic E-state index is 13.2. The highest BCUT2D eigenvalue weighted by Crippen LogP contribution is 2.17. The Morgan fingerprint density at radius 2 is 2.13 bits per heavy atom. The van der Waals surface area contributed by atoms with E-state index in [1.807, 2.05) is 24.4 Å². The molecule has 0 aliphatic rings. The molecule has 118 valence electrons. The number of carbonyl (C=O) groups excluding carboxylic acids is 1. The normalized spacial score (nSPS) is 10.9. The molecule has 0 unspecified atom stereocenters. The van der Waals surface area contributed by atoms with E-state index >= 15 is 0 Å². The van der Waals surface area contributed by atoms with Gasteiger partial charge in [-0.05, 0) is 36.6 Å². The molecule has 2 aromatic heterocycles. The third-order valence-electron chi connectivity index (χ3n) is 3.50. The molecule has 0 radical (unpaired) electrons. The smallest absolute Gasteiger partial charge is 0.290 e. The van der Waals surface area contributed by atoms with Gasteiger partial charge in [0.05, 0.1) is 11.9 Å². The van der Waals surface area contributed by atoms with Gasteiger partial charge in [0.15, 0.2) is 11.2 Å². The second-order valence-corrected chi connectivity index (χ2v) is 6.05. The maximum absolute atomic E-state index is 13.2. The Labute approximate surface area is 135 Å². The Bertz CT molecular complexity index is 902. The number of nitrogens with zero attached hydrogens (tertiary/aromatic N) is 1. The summed E-state index contributed by atoms with van der Waals surface area (Å²) in [5.74, 6) is -0.909. The molecule has 2 heterocycles. The second kappa shape index (κ2) is 6.34. The first-order valence-corrected chi connectivity index (χ1v) is 8.01.